The summed E-state index contributed by atoms with van der Waals surface area (Å²) < 4.78 is 42.3. The van der Waals surface area contributed by atoms with Crippen LogP contribution in [0.3, 0.4) is 0 Å². The van der Waals surface area contributed by atoms with Crippen LogP contribution in [0.5, 0.6) is 0 Å². The molecule has 282 valence electrons. The standard InChI is InChI=1S/C42H42O12/c1-2-26(39(43)51-22-33-18-47-33)4-3-5-37(27-6-12-30(13-7-27)40(44)52-23-34-19-48-34)38(28-8-14-31(15-9-28)41(45)53-24-35-20-49-35)29-10-16-32(17-11-29)42(46)54-25-36-21-50-36/h2-12,14-17,30,33-38H,1,13,18-25H2/b5-3+,26-4+. The number of epoxide rings is 4. The summed E-state index contributed by atoms with van der Waals surface area (Å²) in [7, 11) is 0. The van der Waals surface area contributed by atoms with Crippen LogP contribution in [0, 0.1) is 11.8 Å². The summed E-state index contributed by atoms with van der Waals surface area (Å²) >= 11 is 0. The molecule has 0 bridgehead atoms. The normalized spacial score (nSPS) is 24.8. The first-order chi connectivity index (χ1) is 26.3. The van der Waals surface area contributed by atoms with Gasteiger partial charge in [-0.3, -0.25) is 4.79 Å². The van der Waals surface area contributed by atoms with Crippen LogP contribution in [0.2, 0.25) is 0 Å². The van der Waals surface area contributed by atoms with Crippen molar-refractivity contribution >= 4 is 23.9 Å². The number of allylic oxidation sites excluding steroid dienone is 6. The Bertz CT molecular complexity index is 1750. The van der Waals surface area contributed by atoms with Crippen molar-refractivity contribution in [3.05, 3.63) is 131 Å². The lowest BCUT2D eigenvalue weighted by Crippen LogP contribution is -2.21. The van der Waals surface area contributed by atoms with E-state index in [2.05, 4.69) is 6.58 Å². The molecule has 12 nitrogen and oxygen atoms in total. The molecule has 0 N–H and O–H groups in total. The minimum atomic E-state index is -0.514. The summed E-state index contributed by atoms with van der Waals surface area (Å²) in [5, 5.41) is 0. The van der Waals surface area contributed by atoms with Gasteiger partial charge in [0.05, 0.1) is 49.0 Å². The maximum Gasteiger partial charge on any atom is 0.338 e. The van der Waals surface area contributed by atoms with Crippen molar-refractivity contribution in [3.8, 4) is 0 Å². The molecule has 4 saturated heterocycles. The maximum absolute atomic E-state index is 12.8. The predicted octanol–water partition coefficient (Wildman–Crippen LogP) is 4.60. The molecule has 0 aromatic heterocycles. The highest BCUT2D eigenvalue weighted by Gasteiger charge is 2.31. The fraction of sp³-hybridized carbons (Fsp3) is 0.381. The highest BCUT2D eigenvalue weighted by Crippen LogP contribution is 2.40. The average molecular weight is 739 g/mol. The molecule has 6 atom stereocenters. The number of carbonyl (C=O) groups excluding carboxylic acids is 4. The van der Waals surface area contributed by atoms with E-state index in [0.717, 1.165) is 16.7 Å². The molecule has 5 aliphatic rings. The highest BCUT2D eigenvalue weighted by atomic mass is 16.6. The second-order valence-electron chi connectivity index (χ2n) is 13.6. The molecule has 0 amide bonds. The Labute approximate surface area is 313 Å². The van der Waals surface area contributed by atoms with Crippen LogP contribution in [0.25, 0.3) is 0 Å². The monoisotopic (exact) mass is 738 g/mol. The molecule has 0 spiro atoms. The fourth-order valence-corrected chi connectivity index (χ4v) is 5.93. The largest absolute Gasteiger partial charge is 0.462 e. The molecule has 4 aliphatic heterocycles. The van der Waals surface area contributed by atoms with Gasteiger partial charge < -0.3 is 37.9 Å². The van der Waals surface area contributed by atoms with Gasteiger partial charge in [0, 0.05) is 11.8 Å². The van der Waals surface area contributed by atoms with Crippen molar-refractivity contribution in [1.29, 1.82) is 0 Å². The maximum atomic E-state index is 12.8. The highest BCUT2D eigenvalue weighted by molar-refractivity contribution is 5.92. The van der Waals surface area contributed by atoms with Gasteiger partial charge in [-0.1, -0.05) is 67.3 Å². The Kier molecular flexibility index (Phi) is 11.9. The van der Waals surface area contributed by atoms with E-state index in [1.54, 1.807) is 36.4 Å². The zero-order valence-corrected chi connectivity index (χ0v) is 29.7. The molecule has 6 unspecified atom stereocenters. The van der Waals surface area contributed by atoms with Crippen molar-refractivity contribution in [3.63, 3.8) is 0 Å². The Balaban J connectivity index is 1.19. The van der Waals surface area contributed by atoms with Gasteiger partial charge in [0.15, 0.2) is 0 Å². The van der Waals surface area contributed by atoms with Gasteiger partial charge in [-0.15, -0.1) is 0 Å². The first kappa shape index (κ1) is 37.2. The number of hydrogen-bond donors (Lipinski definition) is 0. The minimum absolute atomic E-state index is 0.0309. The van der Waals surface area contributed by atoms with Crippen LogP contribution in [-0.2, 0) is 47.5 Å². The molecular formula is C42H42O12. The van der Waals surface area contributed by atoms with E-state index >= 15 is 0 Å². The van der Waals surface area contributed by atoms with Crippen LogP contribution >= 0.6 is 0 Å². The lowest BCUT2D eigenvalue weighted by atomic mass is 9.74. The SMILES string of the molecule is C=C/C(=C\C=C\C(C1=CCC(C(=O)OCC2CO2)C=C1)C(c1ccc(C(=O)OCC2CO2)cc1)c1ccc(C(=O)OCC2CO2)cc1)C(=O)OCC1CO1. The van der Waals surface area contributed by atoms with Crippen LogP contribution in [0.1, 0.15) is 44.2 Å². The first-order valence-electron chi connectivity index (χ1n) is 18.1. The van der Waals surface area contributed by atoms with Gasteiger partial charge >= 0.3 is 23.9 Å². The number of rotatable bonds is 19. The second kappa shape index (κ2) is 17.3. The number of hydrogen-bond acceptors (Lipinski definition) is 12. The van der Waals surface area contributed by atoms with Crippen molar-refractivity contribution < 1.29 is 57.1 Å². The van der Waals surface area contributed by atoms with Crippen molar-refractivity contribution in [2.24, 2.45) is 11.8 Å². The third-order valence-corrected chi connectivity index (χ3v) is 9.46. The van der Waals surface area contributed by atoms with Crippen LogP contribution in [-0.4, -0.2) is 101 Å². The third-order valence-electron chi connectivity index (χ3n) is 9.46. The van der Waals surface area contributed by atoms with Gasteiger partial charge in [0.2, 0.25) is 0 Å². The summed E-state index contributed by atoms with van der Waals surface area (Å²) in [5.74, 6) is -2.90. The van der Waals surface area contributed by atoms with E-state index in [1.165, 1.54) is 6.08 Å². The lowest BCUT2D eigenvalue weighted by Gasteiger charge is -2.29. The quantitative estimate of drug-likeness (QED) is 0.0651. The van der Waals surface area contributed by atoms with E-state index in [1.807, 2.05) is 48.6 Å². The number of carbonyl (C=O) groups is 4. The smallest absolute Gasteiger partial charge is 0.338 e. The Morgan fingerprint density at radius 1 is 0.704 bits per heavy atom. The molecule has 0 radical (unpaired) electrons. The second-order valence-corrected chi connectivity index (χ2v) is 13.6. The predicted molar refractivity (Wildman–Crippen MR) is 192 cm³/mol. The summed E-state index contributed by atoms with van der Waals surface area (Å²) in [6.07, 6.45) is 12.8. The van der Waals surface area contributed by atoms with E-state index in [-0.39, 0.29) is 74.2 Å². The van der Waals surface area contributed by atoms with Gasteiger partial charge in [0.25, 0.3) is 0 Å². The first-order valence-corrected chi connectivity index (χ1v) is 18.1. The van der Waals surface area contributed by atoms with Gasteiger partial charge in [-0.05, 0) is 53.5 Å². The van der Waals surface area contributed by atoms with Crippen molar-refractivity contribution in [2.75, 3.05) is 52.9 Å². The zero-order valence-electron chi connectivity index (χ0n) is 29.7. The van der Waals surface area contributed by atoms with Gasteiger partial charge in [0.1, 0.15) is 50.8 Å². The summed E-state index contributed by atoms with van der Waals surface area (Å²) in [6.45, 7) is 6.91. The summed E-state index contributed by atoms with van der Waals surface area (Å²) in [6, 6.07) is 14.4. The summed E-state index contributed by atoms with van der Waals surface area (Å²) in [4.78, 5) is 51.2. The minimum Gasteiger partial charge on any atom is -0.462 e. The van der Waals surface area contributed by atoms with E-state index in [9.17, 15) is 19.2 Å². The number of esters is 4. The molecule has 1 aliphatic carbocycles. The molecule has 4 fully saturated rings. The van der Waals surface area contributed by atoms with E-state index in [0.29, 0.717) is 44.0 Å². The fourth-order valence-electron chi connectivity index (χ4n) is 5.93. The Morgan fingerprint density at radius 2 is 1.19 bits per heavy atom. The number of ether oxygens (including phenoxy) is 8. The van der Waals surface area contributed by atoms with Crippen LogP contribution < -0.4 is 0 Å². The molecule has 0 saturated carbocycles. The van der Waals surface area contributed by atoms with Crippen LogP contribution in [0.15, 0.2) is 109 Å². The average Bonchev–Trinajstić information content (AvgIpc) is 3.98. The van der Waals surface area contributed by atoms with Crippen molar-refractivity contribution in [1.82, 2.24) is 0 Å². The van der Waals surface area contributed by atoms with Crippen LogP contribution in [0.4, 0.5) is 0 Å². The molecule has 4 heterocycles. The molecular weight excluding hydrogens is 696 g/mol. The molecule has 2 aromatic carbocycles. The topological polar surface area (TPSA) is 155 Å². The molecule has 12 heteroatoms. The third kappa shape index (κ3) is 10.5. The lowest BCUT2D eigenvalue weighted by molar-refractivity contribution is -0.147. The Morgan fingerprint density at radius 3 is 1.63 bits per heavy atom. The number of benzene rings is 2. The van der Waals surface area contributed by atoms with Gasteiger partial charge in [-0.25, -0.2) is 14.4 Å². The zero-order chi connectivity index (χ0) is 37.4. The molecule has 2 aromatic rings. The molecule has 7 rings (SSSR count). The molecule has 54 heavy (non-hydrogen) atoms. The van der Waals surface area contributed by atoms with Gasteiger partial charge in [-0.2, -0.15) is 0 Å². The van der Waals surface area contributed by atoms with Crippen molar-refractivity contribution in [2.45, 2.75) is 36.8 Å². The Hall–Kier alpha value is -5.14. The van der Waals surface area contributed by atoms with E-state index in [4.69, 9.17) is 37.9 Å². The summed E-state index contributed by atoms with van der Waals surface area (Å²) in [5.41, 5.74) is 3.71. The van der Waals surface area contributed by atoms with E-state index < -0.39 is 23.8 Å².